The van der Waals surface area contributed by atoms with Crippen molar-refractivity contribution in [2.24, 2.45) is 0 Å². The third-order valence-electron chi connectivity index (χ3n) is 6.76. The van der Waals surface area contributed by atoms with Gasteiger partial charge in [0.05, 0.1) is 12.2 Å². The highest BCUT2D eigenvalue weighted by Crippen LogP contribution is 2.54. The van der Waals surface area contributed by atoms with Crippen LogP contribution in [0.15, 0.2) is 102 Å². The van der Waals surface area contributed by atoms with E-state index in [1.54, 1.807) is 52.5 Å². The van der Waals surface area contributed by atoms with Gasteiger partial charge in [-0.15, -0.1) is 0 Å². The molecule has 228 valence electrons. The lowest BCUT2D eigenvalue weighted by molar-refractivity contribution is -0.126. The van der Waals surface area contributed by atoms with Crippen LogP contribution in [0.2, 0.25) is 0 Å². The molecule has 0 aromatic heterocycles. The largest absolute Gasteiger partial charge is 0.443 e. The highest BCUT2D eigenvalue weighted by atomic mass is 32.2. The molecule has 8 nitrogen and oxygen atoms in total. The Kier molecular flexibility index (Phi) is 8.36. The maximum atomic E-state index is 15.0. The second-order valence-corrected chi connectivity index (χ2v) is 13.8. The Hall–Kier alpha value is -4.50. The molecule has 0 spiro atoms. The minimum atomic E-state index is -1.78. The Bertz CT molecular complexity index is 1700. The number of carbonyl (C=O) groups is 3. The van der Waals surface area contributed by atoms with Gasteiger partial charge in [-0.05, 0) is 76.1 Å². The first-order valence-corrected chi connectivity index (χ1v) is 15.2. The molecule has 0 unspecified atom stereocenters. The molecule has 5 rings (SSSR count). The van der Waals surface area contributed by atoms with Gasteiger partial charge in [-0.25, -0.2) is 15.0 Å². The number of thioether (sulfide) groups is 1. The third-order valence-corrected chi connectivity index (χ3v) is 8.12. The minimum Gasteiger partial charge on any atom is -0.443 e. The van der Waals surface area contributed by atoms with Crippen LogP contribution >= 0.6 is 11.8 Å². The van der Waals surface area contributed by atoms with E-state index in [1.807, 2.05) is 91.0 Å². The van der Waals surface area contributed by atoms with Crippen LogP contribution < -0.4 is 10.3 Å². The van der Waals surface area contributed by atoms with E-state index in [-0.39, 0.29) is 6.54 Å². The lowest BCUT2D eigenvalue weighted by atomic mass is 10.1. The van der Waals surface area contributed by atoms with Crippen LogP contribution in [-0.2, 0) is 25.7 Å². The summed E-state index contributed by atoms with van der Waals surface area (Å²) in [5.74, 6) is -0.414. The zero-order valence-corrected chi connectivity index (χ0v) is 26.6. The average molecular weight is 612 g/mol. The van der Waals surface area contributed by atoms with Gasteiger partial charge in [0.1, 0.15) is 11.2 Å². The first kappa shape index (κ1) is 30.9. The van der Waals surface area contributed by atoms with Crippen molar-refractivity contribution in [1.29, 1.82) is 0 Å². The van der Waals surface area contributed by atoms with Crippen molar-refractivity contribution in [3.05, 3.63) is 108 Å². The summed E-state index contributed by atoms with van der Waals surface area (Å²) in [5, 5.41) is 3.00. The van der Waals surface area contributed by atoms with Crippen LogP contribution in [0.4, 0.5) is 15.3 Å². The molecule has 1 heterocycles. The number of rotatable bonds is 5. The predicted molar refractivity (Wildman–Crippen MR) is 173 cm³/mol. The van der Waals surface area contributed by atoms with Gasteiger partial charge in [0.25, 0.3) is 5.91 Å². The summed E-state index contributed by atoms with van der Waals surface area (Å²) in [5.41, 5.74) is 2.89. The van der Waals surface area contributed by atoms with E-state index in [0.29, 0.717) is 16.1 Å². The zero-order valence-electron chi connectivity index (χ0n) is 25.8. The van der Waals surface area contributed by atoms with E-state index in [1.165, 1.54) is 0 Å². The molecule has 4 aromatic carbocycles. The van der Waals surface area contributed by atoms with Crippen molar-refractivity contribution in [3.8, 4) is 0 Å². The zero-order chi connectivity index (χ0) is 31.7. The first-order valence-electron chi connectivity index (χ1n) is 14.4. The highest BCUT2D eigenvalue weighted by Gasteiger charge is 2.59. The molecular formula is C35H37N3O5S. The number of hydrogen-bond acceptors (Lipinski definition) is 6. The highest BCUT2D eigenvalue weighted by molar-refractivity contribution is 8.01. The Morgan fingerprint density at radius 3 is 2.09 bits per heavy atom. The third kappa shape index (κ3) is 6.53. The first-order chi connectivity index (χ1) is 20.8. The number of fused-ring (bicyclic) bond motifs is 2. The second kappa shape index (κ2) is 11.9. The summed E-state index contributed by atoms with van der Waals surface area (Å²) in [7, 11) is 0. The Labute approximate surface area is 262 Å². The van der Waals surface area contributed by atoms with Crippen LogP contribution in [0.3, 0.4) is 0 Å². The molecule has 1 aliphatic rings. The number of benzene rings is 4. The summed E-state index contributed by atoms with van der Waals surface area (Å²) in [6.45, 7) is 10.6. The molecule has 1 atom stereocenters. The monoisotopic (exact) mass is 611 g/mol. The lowest BCUT2D eigenvalue weighted by Gasteiger charge is -2.39. The second-order valence-electron chi connectivity index (χ2n) is 12.6. The number of hydrazine groups is 1. The van der Waals surface area contributed by atoms with Gasteiger partial charge in [-0.1, -0.05) is 90.6 Å². The number of nitrogens with zero attached hydrogens (tertiary/aromatic N) is 2. The molecule has 0 saturated heterocycles. The maximum Gasteiger partial charge on any atom is 0.431 e. The number of anilines is 1. The number of amides is 3. The lowest BCUT2D eigenvalue weighted by Crippen LogP contribution is -2.61. The van der Waals surface area contributed by atoms with Crippen molar-refractivity contribution in [2.45, 2.75) is 69.1 Å². The SMILES string of the molecule is CC(C)(C)OC(=O)NN(C(=O)OC(C)(C)C)[C@]1(Sc2ccc3ccccc3c2)C(=O)N(Cc2ccccc2)c2ccccc21. The van der Waals surface area contributed by atoms with Crippen molar-refractivity contribution in [3.63, 3.8) is 0 Å². The molecule has 9 heteroatoms. The quantitative estimate of drug-likeness (QED) is 0.182. The number of ether oxygens (including phenoxy) is 2. The number of para-hydroxylation sites is 1. The standard InChI is InChI=1S/C35H37N3O5S/c1-33(2,3)42-31(40)36-38(32(41)43-34(4,5)6)35(44-27-21-20-25-16-10-11-17-26(25)22-27)28-18-12-13-19-29(28)37(30(35)39)23-24-14-8-7-9-15-24/h7-22H,23H2,1-6H3,(H,36,40)/t35-/m1/s1. The van der Waals surface area contributed by atoms with E-state index in [0.717, 1.165) is 33.1 Å². The van der Waals surface area contributed by atoms with Crippen LogP contribution in [-0.4, -0.2) is 34.3 Å². The van der Waals surface area contributed by atoms with Crippen molar-refractivity contribution in [2.75, 3.05) is 4.90 Å². The van der Waals surface area contributed by atoms with Gasteiger partial charge < -0.3 is 14.4 Å². The van der Waals surface area contributed by atoms with E-state index >= 15 is 0 Å². The summed E-state index contributed by atoms with van der Waals surface area (Å²) >= 11 is 1.16. The molecule has 4 aromatic rings. The van der Waals surface area contributed by atoms with Crippen LogP contribution in [0.1, 0.15) is 52.7 Å². The van der Waals surface area contributed by atoms with E-state index in [2.05, 4.69) is 5.43 Å². The van der Waals surface area contributed by atoms with Crippen LogP contribution in [0.5, 0.6) is 0 Å². The molecule has 0 radical (unpaired) electrons. The van der Waals surface area contributed by atoms with Gasteiger partial charge in [-0.2, -0.15) is 5.01 Å². The van der Waals surface area contributed by atoms with Crippen LogP contribution in [0, 0.1) is 0 Å². The van der Waals surface area contributed by atoms with Gasteiger partial charge in [0, 0.05) is 10.5 Å². The van der Waals surface area contributed by atoms with Gasteiger partial charge in [0.15, 0.2) is 0 Å². The molecule has 0 saturated carbocycles. The van der Waals surface area contributed by atoms with E-state index in [9.17, 15) is 14.4 Å². The molecule has 0 bridgehead atoms. The predicted octanol–water partition coefficient (Wildman–Crippen LogP) is 8.01. The van der Waals surface area contributed by atoms with Crippen molar-refractivity contribution < 1.29 is 23.9 Å². The maximum absolute atomic E-state index is 15.0. The summed E-state index contributed by atoms with van der Waals surface area (Å²) in [6.07, 6.45) is -1.80. The Morgan fingerprint density at radius 2 is 1.41 bits per heavy atom. The molecule has 0 fully saturated rings. The normalized spacial score (nSPS) is 16.4. The molecule has 0 aliphatic carbocycles. The molecule has 44 heavy (non-hydrogen) atoms. The minimum absolute atomic E-state index is 0.255. The fourth-order valence-corrected chi connectivity index (χ4v) is 6.40. The summed E-state index contributed by atoms with van der Waals surface area (Å²) in [6, 6.07) is 30.7. The molecule has 1 aliphatic heterocycles. The van der Waals surface area contributed by atoms with Gasteiger partial charge >= 0.3 is 12.2 Å². The molecule has 3 amide bonds. The molecular weight excluding hydrogens is 574 g/mol. The number of hydrogen-bond donors (Lipinski definition) is 1. The van der Waals surface area contributed by atoms with Crippen molar-refractivity contribution in [1.82, 2.24) is 10.4 Å². The average Bonchev–Trinajstić information content (AvgIpc) is 3.18. The van der Waals surface area contributed by atoms with E-state index in [4.69, 9.17) is 9.47 Å². The summed E-state index contributed by atoms with van der Waals surface area (Å²) in [4.78, 5) is 43.0. The van der Waals surface area contributed by atoms with Crippen molar-refractivity contribution >= 4 is 46.3 Å². The Morgan fingerprint density at radius 1 is 0.795 bits per heavy atom. The fraction of sp³-hybridized carbons (Fsp3) is 0.286. The fourth-order valence-electron chi connectivity index (χ4n) is 5.04. The number of nitrogens with one attached hydrogen (secondary N) is 1. The van der Waals surface area contributed by atoms with Gasteiger partial charge in [0.2, 0.25) is 4.87 Å². The summed E-state index contributed by atoms with van der Waals surface area (Å²) < 4.78 is 11.4. The Balaban J connectivity index is 1.71. The van der Waals surface area contributed by atoms with E-state index < -0.39 is 34.2 Å². The topological polar surface area (TPSA) is 88.2 Å². The smallest absolute Gasteiger partial charge is 0.431 e. The van der Waals surface area contributed by atoms with Gasteiger partial charge in [-0.3, -0.25) is 4.79 Å². The number of carbonyl (C=O) groups excluding carboxylic acids is 3. The van der Waals surface area contributed by atoms with Crippen LogP contribution in [0.25, 0.3) is 10.8 Å². The molecule has 1 N–H and O–H groups in total.